The second kappa shape index (κ2) is 5.29. The average Bonchev–Trinajstić information content (AvgIpc) is 2.20. The highest BCUT2D eigenvalue weighted by atomic mass is 16.2. The number of aryl methyl sites for hydroxylation is 1. The number of nitrogens with zero attached hydrogens (tertiary/aromatic N) is 2. The number of aromatic amines is 1. The fourth-order valence-corrected chi connectivity index (χ4v) is 1.24. The van der Waals surface area contributed by atoms with E-state index in [0.29, 0.717) is 19.4 Å². The molecule has 0 radical (unpaired) electrons. The van der Waals surface area contributed by atoms with Crippen LogP contribution in [0.1, 0.15) is 12.8 Å². The van der Waals surface area contributed by atoms with Crippen LogP contribution in [0.25, 0.3) is 0 Å². The third-order valence-corrected chi connectivity index (χ3v) is 2.19. The number of H-pyrrole nitrogens is 1. The van der Waals surface area contributed by atoms with Gasteiger partial charge in [0.15, 0.2) is 0 Å². The van der Waals surface area contributed by atoms with Crippen molar-refractivity contribution >= 4 is 5.91 Å². The first kappa shape index (κ1) is 12.2. The Balaban J connectivity index is 2.53. The topological polar surface area (TPSA) is 75.2 Å². The van der Waals surface area contributed by atoms with E-state index >= 15 is 0 Å². The molecule has 0 aliphatic carbocycles. The number of aromatic nitrogens is 2. The fraction of sp³-hybridized carbons (Fsp3) is 0.500. The molecule has 0 atom stereocenters. The molecule has 0 aliphatic heterocycles. The van der Waals surface area contributed by atoms with E-state index in [9.17, 15) is 14.4 Å². The van der Waals surface area contributed by atoms with Crippen molar-refractivity contribution in [2.24, 2.45) is 0 Å². The van der Waals surface area contributed by atoms with Crippen molar-refractivity contribution in [1.29, 1.82) is 0 Å². The molecule has 0 aromatic carbocycles. The Morgan fingerprint density at radius 3 is 2.69 bits per heavy atom. The highest BCUT2D eigenvalue weighted by molar-refractivity contribution is 5.75. The van der Waals surface area contributed by atoms with Gasteiger partial charge in [0.1, 0.15) is 0 Å². The van der Waals surface area contributed by atoms with Crippen LogP contribution in [0.2, 0.25) is 0 Å². The lowest BCUT2D eigenvalue weighted by Crippen LogP contribution is -2.29. The molecule has 1 amide bonds. The first-order valence-electron chi connectivity index (χ1n) is 5.00. The number of nitrogens with one attached hydrogen (secondary N) is 1. The molecule has 1 heterocycles. The molecule has 0 unspecified atom stereocenters. The molecule has 1 rings (SSSR count). The monoisotopic (exact) mass is 225 g/mol. The van der Waals surface area contributed by atoms with E-state index in [0.717, 1.165) is 0 Å². The van der Waals surface area contributed by atoms with Crippen LogP contribution in [0.3, 0.4) is 0 Å². The van der Waals surface area contributed by atoms with Crippen LogP contribution in [0, 0.1) is 0 Å². The van der Waals surface area contributed by atoms with Crippen molar-refractivity contribution < 1.29 is 4.79 Å². The molecule has 6 nitrogen and oxygen atoms in total. The standard InChI is InChI=1S/C10H15N3O3/c1-12(2)9(15)4-3-6-13-7-5-8(14)11-10(13)16/h5,7H,3-4,6H2,1-2H3,(H,11,14,16). The number of amides is 1. The molecule has 6 heteroatoms. The lowest BCUT2D eigenvalue weighted by molar-refractivity contribution is -0.128. The molecule has 1 N–H and O–H groups in total. The van der Waals surface area contributed by atoms with Gasteiger partial charge in [0.25, 0.3) is 5.56 Å². The van der Waals surface area contributed by atoms with Gasteiger partial charge in [0.2, 0.25) is 5.91 Å². The number of carbonyl (C=O) groups excluding carboxylic acids is 1. The van der Waals surface area contributed by atoms with Crippen LogP contribution in [-0.2, 0) is 11.3 Å². The molecule has 0 fully saturated rings. The second-order valence-corrected chi connectivity index (χ2v) is 3.70. The van der Waals surface area contributed by atoms with E-state index in [1.807, 2.05) is 0 Å². The summed E-state index contributed by atoms with van der Waals surface area (Å²) in [4.78, 5) is 37.0. The predicted octanol–water partition coefficient (Wildman–Crippen LogP) is -0.595. The minimum Gasteiger partial charge on any atom is -0.349 e. The number of hydrogen-bond acceptors (Lipinski definition) is 3. The van der Waals surface area contributed by atoms with Crippen LogP contribution in [0.4, 0.5) is 0 Å². The zero-order chi connectivity index (χ0) is 12.1. The molecule has 1 aromatic rings. The summed E-state index contributed by atoms with van der Waals surface area (Å²) in [5, 5.41) is 0. The van der Waals surface area contributed by atoms with Crippen LogP contribution in [0.5, 0.6) is 0 Å². The summed E-state index contributed by atoms with van der Waals surface area (Å²) in [6, 6.07) is 1.29. The molecule has 16 heavy (non-hydrogen) atoms. The average molecular weight is 225 g/mol. The molecule has 0 bridgehead atoms. The van der Waals surface area contributed by atoms with Gasteiger partial charge in [0.05, 0.1) is 0 Å². The summed E-state index contributed by atoms with van der Waals surface area (Å²) in [7, 11) is 3.38. The summed E-state index contributed by atoms with van der Waals surface area (Å²) >= 11 is 0. The summed E-state index contributed by atoms with van der Waals surface area (Å²) in [5.74, 6) is 0.0254. The third-order valence-electron chi connectivity index (χ3n) is 2.19. The zero-order valence-electron chi connectivity index (χ0n) is 9.40. The van der Waals surface area contributed by atoms with E-state index in [4.69, 9.17) is 0 Å². The van der Waals surface area contributed by atoms with Crippen molar-refractivity contribution in [1.82, 2.24) is 14.5 Å². The van der Waals surface area contributed by atoms with Crippen molar-refractivity contribution in [3.8, 4) is 0 Å². The predicted molar refractivity (Wildman–Crippen MR) is 59.3 cm³/mol. The smallest absolute Gasteiger partial charge is 0.328 e. The second-order valence-electron chi connectivity index (χ2n) is 3.70. The number of carbonyl (C=O) groups is 1. The van der Waals surface area contributed by atoms with Crippen LogP contribution in [0.15, 0.2) is 21.9 Å². The zero-order valence-corrected chi connectivity index (χ0v) is 9.40. The Labute approximate surface area is 92.5 Å². The Hall–Kier alpha value is -1.85. The number of rotatable bonds is 4. The van der Waals surface area contributed by atoms with E-state index in [2.05, 4.69) is 4.98 Å². The summed E-state index contributed by atoms with van der Waals surface area (Å²) in [6.45, 7) is 0.426. The van der Waals surface area contributed by atoms with Gasteiger partial charge in [0, 0.05) is 39.3 Å². The van der Waals surface area contributed by atoms with Crippen molar-refractivity contribution in [2.45, 2.75) is 19.4 Å². The highest BCUT2D eigenvalue weighted by Gasteiger charge is 2.03. The Bertz CT molecular complexity index is 473. The molecule has 0 saturated heterocycles. The largest absolute Gasteiger partial charge is 0.349 e. The fourth-order valence-electron chi connectivity index (χ4n) is 1.24. The van der Waals surface area contributed by atoms with Gasteiger partial charge in [-0.15, -0.1) is 0 Å². The van der Waals surface area contributed by atoms with Gasteiger partial charge < -0.3 is 9.47 Å². The Kier molecular flexibility index (Phi) is 4.04. The summed E-state index contributed by atoms with van der Waals surface area (Å²) < 4.78 is 1.38. The molecular weight excluding hydrogens is 210 g/mol. The highest BCUT2D eigenvalue weighted by Crippen LogP contribution is 1.95. The molecule has 1 aromatic heterocycles. The minimum atomic E-state index is -0.440. The third kappa shape index (κ3) is 3.38. The maximum Gasteiger partial charge on any atom is 0.328 e. The minimum absolute atomic E-state index is 0.0254. The van der Waals surface area contributed by atoms with Crippen LogP contribution < -0.4 is 11.2 Å². The van der Waals surface area contributed by atoms with E-state index < -0.39 is 11.2 Å². The van der Waals surface area contributed by atoms with Crippen LogP contribution >= 0.6 is 0 Å². The summed E-state index contributed by atoms with van der Waals surface area (Å²) in [5.41, 5.74) is -0.851. The molecule has 0 spiro atoms. The quantitative estimate of drug-likeness (QED) is 0.743. The van der Waals surface area contributed by atoms with Crippen molar-refractivity contribution in [3.05, 3.63) is 33.1 Å². The molecular formula is C10H15N3O3. The van der Waals surface area contributed by atoms with Gasteiger partial charge in [-0.1, -0.05) is 0 Å². The van der Waals surface area contributed by atoms with Gasteiger partial charge >= 0.3 is 5.69 Å². The van der Waals surface area contributed by atoms with E-state index in [-0.39, 0.29) is 5.91 Å². The van der Waals surface area contributed by atoms with Gasteiger partial charge in [-0.3, -0.25) is 14.6 Å². The molecule has 88 valence electrons. The first-order valence-corrected chi connectivity index (χ1v) is 5.00. The lowest BCUT2D eigenvalue weighted by atomic mass is 10.3. The lowest BCUT2D eigenvalue weighted by Gasteiger charge is -2.10. The molecule has 0 saturated carbocycles. The van der Waals surface area contributed by atoms with Crippen molar-refractivity contribution in [3.63, 3.8) is 0 Å². The Morgan fingerprint density at radius 2 is 2.12 bits per heavy atom. The maximum absolute atomic E-state index is 11.3. The number of hydrogen-bond donors (Lipinski definition) is 1. The normalized spacial score (nSPS) is 10.1. The van der Waals surface area contributed by atoms with Gasteiger partial charge in [-0.05, 0) is 6.42 Å². The SMILES string of the molecule is CN(C)C(=O)CCCn1ccc(=O)[nH]c1=O. The van der Waals surface area contributed by atoms with Gasteiger partial charge in [-0.2, -0.15) is 0 Å². The Morgan fingerprint density at radius 1 is 1.44 bits per heavy atom. The first-order chi connectivity index (χ1) is 7.50. The van der Waals surface area contributed by atoms with Gasteiger partial charge in [-0.25, -0.2) is 4.79 Å². The van der Waals surface area contributed by atoms with E-state index in [1.54, 1.807) is 14.1 Å². The van der Waals surface area contributed by atoms with E-state index in [1.165, 1.54) is 21.7 Å². The molecule has 0 aliphatic rings. The summed E-state index contributed by atoms with van der Waals surface area (Å²) in [6.07, 6.45) is 2.39. The van der Waals surface area contributed by atoms with Crippen LogP contribution in [-0.4, -0.2) is 34.5 Å². The maximum atomic E-state index is 11.3. The van der Waals surface area contributed by atoms with Crippen molar-refractivity contribution in [2.75, 3.05) is 14.1 Å².